The third kappa shape index (κ3) is 6.93. The van der Waals surface area contributed by atoms with Crippen LogP contribution < -0.4 is 10.9 Å². The van der Waals surface area contributed by atoms with Gasteiger partial charge >= 0.3 is 5.63 Å². The zero-order chi connectivity index (χ0) is 20.4. The molecule has 0 aliphatic heterocycles. The number of benzene rings is 1. The molecule has 28 heavy (non-hydrogen) atoms. The molecule has 0 radical (unpaired) electrons. The predicted octanol–water partition coefficient (Wildman–Crippen LogP) is 6.26. The molecule has 0 aliphatic carbocycles. The van der Waals surface area contributed by atoms with Crippen molar-refractivity contribution in [2.75, 3.05) is 18.4 Å². The van der Waals surface area contributed by atoms with Crippen molar-refractivity contribution in [3.63, 3.8) is 0 Å². The Morgan fingerprint density at radius 1 is 1.00 bits per heavy atom. The highest BCUT2D eigenvalue weighted by Gasteiger charge is 2.11. The lowest BCUT2D eigenvalue weighted by Gasteiger charge is -2.26. The van der Waals surface area contributed by atoms with Crippen LogP contribution in [0.4, 0.5) is 5.69 Å². The van der Waals surface area contributed by atoms with Crippen molar-refractivity contribution in [3.05, 3.63) is 40.2 Å². The van der Waals surface area contributed by atoms with E-state index in [4.69, 9.17) is 16.6 Å². The molecule has 1 aromatic carbocycles. The van der Waals surface area contributed by atoms with Crippen LogP contribution >= 0.6 is 12.2 Å². The molecule has 0 saturated heterocycles. The first-order valence-electron chi connectivity index (χ1n) is 10.7. The van der Waals surface area contributed by atoms with Crippen molar-refractivity contribution in [1.29, 1.82) is 0 Å². The molecule has 2 aromatic rings. The van der Waals surface area contributed by atoms with Crippen molar-refractivity contribution in [2.45, 2.75) is 72.1 Å². The Labute approximate surface area is 174 Å². The summed E-state index contributed by atoms with van der Waals surface area (Å²) in [7, 11) is 0. The molecule has 0 fully saturated rings. The van der Waals surface area contributed by atoms with Gasteiger partial charge in [0.25, 0.3) is 0 Å². The van der Waals surface area contributed by atoms with Crippen molar-refractivity contribution < 1.29 is 4.42 Å². The summed E-state index contributed by atoms with van der Waals surface area (Å²) in [6.45, 7) is 8.35. The molecule has 1 aromatic heterocycles. The van der Waals surface area contributed by atoms with Crippen LogP contribution in [0.5, 0.6) is 0 Å². The van der Waals surface area contributed by atoms with E-state index in [0.29, 0.717) is 5.58 Å². The van der Waals surface area contributed by atoms with Crippen LogP contribution in [0.3, 0.4) is 0 Å². The molecule has 2 rings (SSSR count). The molecular weight excluding hydrogens is 368 g/mol. The molecule has 0 atom stereocenters. The molecule has 0 unspecified atom stereocenters. The summed E-state index contributed by atoms with van der Waals surface area (Å²) in [5.41, 5.74) is 2.06. The van der Waals surface area contributed by atoms with Gasteiger partial charge in [-0.2, -0.15) is 0 Å². The van der Waals surface area contributed by atoms with Gasteiger partial charge in [-0.3, -0.25) is 0 Å². The van der Waals surface area contributed by atoms with Gasteiger partial charge in [0.1, 0.15) is 5.58 Å². The fourth-order valence-corrected chi connectivity index (χ4v) is 3.68. The maximum absolute atomic E-state index is 11.7. The number of hydrogen-bond donors (Lipinski definition) is 1. The SMILES string of the molecule is CCCCCCN(CCCCCC)C(=S)Nc1ccc2c(C)cc(=O)oc2c1. The first-order chi connectivity index (χ1) is 13.5. The summed E-state index contributed by atoms with van der Waals surface area (Å²) in [6.07, 6.45) is 9.82. The molecular formula is C23H34N2O2S. The second-order valence-electron chi connectivity index (χ2n) is 7.50. The first kappa shape index (κ1) is 22.4. The highest BCUT2D eigenvalue weighted by Crippen LogP contribution is 2.21. The van der Waals surface area contributed by atoms with Crippen LogP contribution in [0.2, 0.25) is 0 Å². The fourth-order valence-electron chi connectivity index (χ4n) is 3.38. The number of unbranched alkanes of at least 4 members (excludes halogenated alkanes) is 6. The average molecular weight is 403 g/mol. The van der Waals surface area contributed by atoms with E-state index < -0.39 is 0 Å². The van der Waals surface area contributed by atoms with Crippen molar-refractivity contribution in [2.24, 2.45) is 0 Å². The minimum Gasteiger partial charge on any atom is -0.423 e. The summed E-state index contributed by atoms with van der Waals surface area (Å²) in [5.74, 6) is 0. The molecule has 0 saturated carbocycles. The molecule has 0 spiro atoms. The Balaban J connectivity index is 2.05. The maximum Gasteiger partial charge on any atom is 0.336 e. The molecule has 0 amide bonds. The number of anilines is 1. The van der Waals surface area contributed by atoms with Crippen LogP contribution in [-0.2, 0) is 0 Å². The van der Waals surface area contributed by atoms with Crippen LogP contribution in [0.1, 0.15) is 70.8 Å². The Kier molecular flexibility index (Phi) is 9.48. The van der Waals surface area contributed by atoms with Gasteiger partial charge in [-0.1, -0.05) is 52.4 Å². The number of rotatable bonds is 11. The number of thiocarbonyl (C=S) groups is 1. The molecule has 154 valence electrons. The quantitative estimate of drug-likeness (QED) is 0.273. The largest absolute Gasteiger partial charge is 0.423 e. The van der Waals surface area contributed by atoms with E-state index in [1.54, 1.807) is 0 Å². The van der Waals surface area contributed by atoms with Crippen LogP contribution in [0.15, 0.2) is 33.5 Å². The normalized spacial score (nSPS) is 11.0. The highest BCUT2D eigenvalue weighted by atomic mass is 32.1. The molecule has 5 heteroatoms. The summed E-state index contributed by atoms with van der Waals surface area (Å²) in [5, 5.41) is 5.05. The van der Waals surface area contributed by atoms with Crippen molar-refractivity contribution >= 4 is 34.0 Å². The van der Waals surface area contributed by atoms with E-state index in [2.05, 4.69) is 24.1 Å². The second kappa shape index (κ2) is 11.8. The summed E-state index contributed by atoms with van der Waals surface area (Å²) in [6, 6.07) is 7.36. The fraction of sp³-hybridized carbons (Fsp3) is 0.565. The minimum absolute atomic E-state index is 0.321. The Hall–Kier alpha value is -1.88. The Morgan fingerprint density at radius 3 is 2.25 bits per heavy atom. The van der Waals surface area contributed by atoms with Gasteiger partial charge < -0.3 is 14.6 Å². The van der Waals surface area contributed by atoms with Gasteiger partial charge in [0, 0.05) is 36.3 Å². The van der Waals surface area contributed by atoms with E-state index in [1.165, 1.54) is 44.6 Å². The van der Waals surface area contributed by atoms with E-state index >= 15 is 0 Å². The Morgan fingerprint density at radius 2 is 1.64 bits per heavy atom. The van der Waals surface area contributed by atoms with Gasteiger partial charge in [-0.25, -0.2) is 4.79 Å². The minimum atomic E-state index is -0.321. The van der Waals surface area contributed by atoms with Crippen molar-refractivity contribution in [3.8, 4) is 0 Å². The number of aryl methyl sites for hydroxylation is 1. The van der Waals surface area contributed by atoms with Crippen molar-refractivity contribution in [1.82, 2.24) is 4.90 Å². The first-order valence-corrected chi connectivity index (χ1v) is 11.1. The summed E-state index contributed by atoms with van der Waals surface area (Å²) in [4.78, 5) is 14.0. The Bertz CT molecular complexity index is 804. The number of hydrogen-bond acceptors (Lipinski definition) is 3. The number of nitrogens with zero attached hydrogens (tertiary/aromatic N) is 1. The summed E-state index contributed by atoms with van der Waals surface area (Å²) < 4.78 is 5.36. The van der Waals surface area contributed by atoms with Crippen LogP contribution in [0, 0.1) is 6.92 Å². The zero-order valence-electron chi connectivity index (χ0n) is 17.6. The second-order valence-corrected chi connectivity index (χ2v) is 7.88. The summed E-state index contributed by atoms with van der Waals surface area (Å²) >= 11 is 5.71. The van der Waals surface area contributed by atoms with E-state index in [9.17, 15) is 4.79 Å². The van der Waals surface area contributed by atoms with Crippen LogP contribution in [-0.4, -0.2) is 23.1 Å². The van der Waals surface area contributed by atoms with E-state index in [1.807, 2.05) is 25.1 Å². The lowest BCUT2D eigenvalue weighted by atomic mass is 10.1. The zero-order valence-corrected chi connectivity index (χ0v) is 18.4. The highest BCUT2D eigenvalue weighted by molar-refractivity contribution is 7.80. The monoisotopic (exact) mass is 402 g/mol. The average Bonchev–Trinajstić information content (AvgIpc) is 2.66. The molecule has 0 bridgehead atoms. The predicted molar refractivity (Wildman–Crippen MR) is 123 cm³/mol. The molecule has 4 nitrogen and oxygen atoms in total. The van der Waals surface area contributed by atoms with Gasteiger partial charge in [-0.05, 0) is 49.7 Å². The van der Waals surface area contributed by atoms with E-state index in [0.717, 1.165) is 47.7 Å². The van der Waals surface area contributed by atoms with Gasteiger partial charge in [0.05, 0.1) is 0 Å². The molecule has 1 heterocycles. The number of fused-ring (bicyclic) bond motifs is 1. The lowest BCUT2D eigenvalue weighted by Crippen LogP contribution is -2.36. The molecule has 0 aliphatic rings. The maximum atomic E-state index is 11.7. The van der Waals surface area contributed by atoms with Gasteiger partial charge in [-0.15, -0.1) is 0 Å². The lowest BCUT2D eigenvalue weighted by molar-refractivity contribution is 0.391. The number of nitrogens with one attached hydrogen (secondary N) is 1. The van der Waals surface area contributed by atoms with Crippen LogP contribution in [0.25, 0.3) is 11.0 Å². The standard InChI is InChI=1S/C23H34N2O2S/c1-4-6-8-10-14-25(15-11-9-7-5-2)23(28)24-19-12-13-20-18(3)16-22(26)27-21(20)17-19/h12-13,16-17H,4-11,14-15H2,1-3H3,(H,24,28). The van der Waals surface area contributed by atoms with E-state index in [-0.39, 0.29) is 5.63 Å². The topological polar surface area (TPSA) is 45.5 Å². The van der Waals surface area contributed by atoms with Gasteiger partial charge in [0.15, 0.2) is 5.11 Å². The smallest absolute Gasteiger partial charge is 0.336 e. The third-order valence-electron chi connectivity index (χ3n) is 5.05. The molecule has 1 N–H and O–H groups in total. The van der Waals surface area contributed by atoms with Gasteiger partial charge in [0.2, 0.25) is 0 Å². The third-order valence-corrected chi connectivity index (χ3v) is 5.41.